The molecule has 130 valence electrons. The van der Waals surface area contributed by atoms with Crippen molar-refractivity contribution in [3.8, 4) is 17.2 Å². The maximum Gasteiger partial charge on any atom is 0.226 e. The first-order valence-electron chi connectivity index (χ1n) is 8.16. The molecule has 3 rings (SSSR count). The first-order chi connectivity index (χ1) is 11.6. The van der Waals surface area contributed by atoms with E-state index in [0.717, 1.165) is 44.1 Å². The second-order valence-electron chi connectivity index (χ2n) is 6.13. The highest BCUT2D eigenvalue weighted by molar-refractivity contribution is 5.56. The minimum Gasteiger partial charge on any atom is -0.494 e. The molecule has 1 aliphatic rings. The van der Waals surface area contributed by atoms with Crippen LogP contribution in [-0.4, -0.2) is 43.3 Å². The number of ether oxygens (including phenoxy) is 2. The first kappa shape index (κ1) is 16.9. The van der Waals surface area contributed by atoms with E-state index < -0.39 is 5.82 Å². The average molecular weight is 334 g/mol. The Bertz CT molecular complexity index is 696. The van der Waals surface area contributed by atoms with Crippen LogP contribution in [0.4, 0.5) is 4.39 Å². The van der Waals surface area contributed by atoms with Gasteiger partial charge in [0.25, 0.3) is 0 Å². The summed E-state index contributed by atoms with van der Waals surface area (Å²) in [4.78, 5) is 6.90. The van der Waals surface area contributed by atoms with Crippen LogP contribution in [0.15, 0.2) is 22.6 Å². The predicted molar refractivity (Wildman–Crippen MR) is 88.5 cm³/mol. The number of halogens is 1. The summed E-state index contributed by atoms with van der Waals surface area (Å²) in [5.41, 5.74) is 1.61. The van der Waals surface area contributed by atoms with Gasteiger partial charge in [0.2, 0.25) is 5.89 Å². The molecular weight excluding hydrogens is 311 g/mol. The second kappa shape index (κ2) is 7.32. The molecule has 0 unspecified atom stereocenters. The zero-order valence-electron chi connectivity index (χ0n) is 14.3. The number of aryl methyl sites for hydroxylation is 1. The van der Waals surface area contributed by atoms with Crippen LogP contribution in [0.25, 0.3) is 11.5 Å². The standard InChI is InChI=1S/C18H23FN2O3/c1-12-16(11-21(2)14-6-8-23-9-7-14)20-18(24-12)13-4-5-15(19)17(10-13)22-3/h4-5,10,14H,6-9,11H2,1-3H3. The third-order valence-electron chi connectivity index (χ3n) is 4.50. The predicted octanol–water partition coefficient (Wildman–Crippen LogP) is 3.41. The Hall–Kier alpha value is -1.92. The summed E-state index contributed by atoms with van der Waals surface area (Å²) < 4.78 is 29.8. The van der Waals surface area contributed by atoms with Crippen molar-refractivity contribution in [1.82, 2.24) is 9.88 Å². The van der Waals surface area contributed by atoms with Gasteiger partial charge in [0.15, 0.2) is 11.6 Å². The van der Waals surface area contributed by atoms with Gasteiger partial charge in [0, 0.05) is 31.4 Å². The topological polar surface area (TPSA) is 47.7 Å². The number of aromatic nitrogens is 1. The number of benzene rings is 1. The van der Waals surface area contributed by atoms with E-state index in [0.29, 0.717) is 17.5 Å². The van der Waals surface area contributed by atoms with Gasteiger partial charge in [-0.15, -0.1) is 0 Å². The van der Waals surface area contributed by atoms with Crippen LogP contribution in [0.3, 0.4) is 0 Å². The molecule has 0 amide bonds. The van der Waals surface area contributed by atoms with Gasteiger partial charge < -0.3 is 13.9 Å². The highest BCUT2D eigenvalue weighted by Crippen LogP contribution is 2.28. The lowest BCUT2D eigenvalue weighted by Gasteiger charge is -2.30. The molecule has 2 aromatic rings. The fraction of sp³-hybridized carbons (Fsp3) is 0.500. The third-order valence-corrected chi connectivity index (χ3v) is 4.50. The molecule has 1 aromatic carbocycles. The van der Waals surface area contributed by atoms with Crippen molar-refractivity contribution in [1.29, 1.82) is 0 Å². The van der Waals surface area contributed by atoms with Gasteiger partial charge in [-0.25, -0.2) is 9.37 Å². The normalized spacial score (nSPS) is 15.9. The molecule has 0 atom stereocenters. The molecule has 0 saturated carbocycles. The summed E-state index contributed by atoms with van der Waals surface area (Å²) in [6.45, 7) is 4.25. The molecule has 0 spiro atoms. The molecule has 1 aromatic heterocycles. The van der Waals surface area contributed by atoms with Crippen molar-refractivity contribution < 1.29 is 18.3 Å². The zero-order chi connectivity index (χ0) is 17.1. The van der Waals surface area contributed by atoms with Crippen LogP contribution < -0.4 is 4.74 Å². The number of nitrogens with zero attached hydrogens (tertiary/aromatic N) is 2. The Morgan fingerprint density at radius 2 is 2.08 bits per heavy atom. The van der Waals surface area contributed by atoms with Crippen LogP contribution in [0.1, 0.15) is 24.3 Å². The van der Waals surface area contributed by atoms with Crippen molar-refractivity contribution in [2.45, 2.75) is 32.4 Å². The lowest BCUT2D eigenvalue weighted by atomic mass is 10.1. The number of hydrogen-bond acceptors (Lipinski definition) is 5. The van der Waals surface area contributed by atoms with Crippen LogP contribution in [-0.2, 0) is 11.3 Å². The Morgan fingerprint density at radius 3 is 2.79 bits per heavy atom. The minimum absolute atomic E-state index is 0.184. The van der Waals surface area contributed by atoms with E-state index in [-0.39, 0.29) is 5.75 Å². The lowest BCUT2D eigenvalue weighted by molar-refractivity contribution is 0.0402. The number of hydrogen-bond donors (Lipinski definition) is 0. The average Bonchev–Trinajstić information content (AvgIpc) is 2.96. The SMILES string of the molecule is COc1cc(-c2nc(CN(C)C3CCOCC3)c(C)o2)ccc1F. The molecule has 1 saturated heterocycles. The van der Waals surface area contributed by atoms with E-state index in [2.05, 4.69) is 16.9 Å². The Labute approximate surface area is 141 Å². The van der Waals surface area contributed by atoms with Gasteiger partial charge >= 0.3 is 0 Å². The first-order valence-corrected chi connectivity index (χ1v) is 8.16. The molecule has 0 N–H and O–H groups in total. The maximum atomic E-state index is 13.6. The zero-order valence-corrected chi connectivity index (χ0v) is 14.3. The molecule has 5 nitrogen and oxygen atoms in total. The Kier molecular flexibility index (Phi) is 5.16. The number of oxazole rings is 1. The fourth-order valence-electron chi connectivity index (χ4n) is 2.98. The molecular formula is C18H23FN2O3. The Balaban J connectivity index is 1.77. The van der Waals surface area contributed by atoms with Crippen molar-refractivity contribution >= 4 is 0 Å². The van der Waals surface area contributed by atoms with Gasteiger partial charge in [-0.1, -0.05) is 0 Å². The monoisotopic (exact) mass is 334 g/mol. The molecule has 2 heterocycles. The molecule has 1 fully saturated rings. The van der Waals surface area contributed by atoms with E-state index in [4.69, 9.17) is 13.9 Å². The minimum atomic E-state index is -0.399. The molecule has 6 heteroatoms. The summed E-state index contributed by atoms with van der Waals surface area (Å²) in [7, 11) is 3.54. The summed E-state index contributed by atoms with van der Waals surface area (Å²) in [6.07, 6.45) is 2.07. The van der Waals surface area contributed by atoms with Crippen molar-refractivity contribution in [2.24, 2.45) is 0 Å². The van der Waals surface area contributed by atoms with Gasteiger partial charge in [0.1, 0.15) is 5.76 Å². The summed E-state index contributed by atoms with van der Waals surface area (Å²) in [5, 5.41) is 0. The Morgan fingerprint density at radius 1 is 1.33 bits per heavy atom. The van der Waals surface area contributed by atoms with E-state index in [1.165, 1.54) is 13.2 Å². The van der Waals surface area contributed by atoms with E-state index in [1.807, 2.05) is 6.92 Å². The smallest absolute Gasteiger partial charge is 0.226 e. The van der Waals surface area contributed by atoms with Crippen molar-refractivity contribution in [3.63, 3.8) is 0 Å². The lowest BCUT2D eigenvalue weighted by Crippen LogP contribution is -2.36. The quantitative estimate of drug-likeness (QED) is 0.838. The fourth-order valence-corrected chi connectivity index (χ4v) is 2.98. The second-order valence-corrected chi connectivity index (χ2v) is 6.13. The van der Waals surface area contributed by atoms with Crippen LogP contribution in [0, 0.1) is 12.7 Å². The summed E-state index contributed by atoms with van der Waals surface area (Å²) in [5.74, 6) is 1.06. The van der Waals surface area contributed by atoms with Gasteiger partial charge in [0.05, 0.1) is 12.8 Å². The van der Waals surface area contributed by atoms with Gasteiger partial charge in [-0.3, -0.25) is 4.90 Å². The third kappa shape index (κ3) is 3.60. The molecule has 1 aliphatic heterocycles. The largest absolute Gasteiger partial charge is 0.494 e. The number of methoxy groups -OCH3 is 1. The molecule has 0 radical (unpaired) electrons. The van der Waals surface area contributed by atoms with Crippen molar-refractivity contribution in [2.75, 3.05) is 27.4 Å². The van der Waals surface area contributed by atoms with E-state index >= 15 is 0 Å². The highest BCUT2D eigenvalue weighted by atomic mass is 19.1. The van der Waals surface area contributed by atoms with E-state index in [9.17, 15) is 4.39 Å². The van der Waals surface area contributed by atoms with Crippen LogP contribution >= 0.6 is 0 Å². The van der Waals surface area contributed by atoms with Crippen LogP contribution in [0.2, 0.25) is 0 Å². The van der Waals surface area contributed by atoms with Crippen molar-refractivity contribution in [3.05, 3.63) is 35.5 Å². The van der Waals surface area contributed by atoms with Gasteiger partial charge in [-0.2, -0.15) is 0 Å². The summed E-state index contributed by atoms with van der Waals surface area (Å²) in [6, 6.07) is 5.12. The maximum absolute atomic E-state index is 13.6. The molecule has 0 aliphatic carbocycles. The molecule has 0 bridgehead atoms. The highest BCUT2D eigenvalue weighted by Gasteiger charge is 2.21. The summed E-state index contributed by atoms with van der Waals surface area (Å²) >= 11 is 0. The number of rotatable bonds is 5. The molecule has 24 heavy (non-hydrogen) atoms. The van der Waals surface area contributed by atoms with Gasteiger partial charge in [-0.05, 0) is 45.0 Å². The van der Waals surface area contributed by atoms with Crippen LogP contribution in [0.5, 0.6) is 5.75 Å². The van der Waals surface area contributed by atoms with E-state index in [1.54, 1.807) is 12.1 Å².